The van der Waals surface area contributed by atoms with E-state index in [-0.39, 0.29) is 6.04 Å². The van der Waals surface area contributed by atoms with Crippen molar-refractivity contribution >= 4 is 37.5 Å². The van der Waals surface area contributed by atoms with Crippen molar-refractivity contribution in [1.29, 1.82) is 0 Å². The van der Waals surface area contributed by atoms with Crippen molar-refractivity contribution in [3.8, 4) is 0 Å². The summed E-state index contributed by atoms with van der Waals surface area (Å²) in [6.07, 6.45) is 0. The van der Waals surface area contributed by atoms with E-state index in [4.69, 9.17) is 0 Å². The third kappa shape index (κ3) is 3.54. The van der Waals surface area contributed by atoms with Gasteiger partial charge in [0.05, 0.1) is 11.7 Å². The van der Waals surface area contributed by atoms with Gasteiger partial charge in [0.2, 0.25) is 0 Å². The summed E-state index contributed by atoms with van der Waals surface area (Å²) in [5, 5.41) is 3.15. The second kappa shape index (κ2) is 6.01. The van der Waals surface area contributed by atoms with Gasteiger partial charge < -0.3 is 5.32 Å². The fourth-order valence-electron chi connectivity index (χ4n) is 1.77. The number of nitrogens with one attached hydrogen (secondary N) is 1. The van der Waals surface area contributed by atoms with E-state index in [1.54, 1.807) is 6.92 Å². The van der Waals surface area contributed by atoms with E-state index in [9.17, 15) is 8.78 Å². The van der Waals surface area contributed by atoms with Crippen LogP contribution in [-0.4, -0.2) is 0 Å². The zero-order valence-corrected chi connectivity index (χ0v) is 13.2. The van der Waals surface area contributed by atoms with Crippen molar-refractivity contribution in [2.45, 2.75) is 13.0 Å². The summed E-state index contributed by atoms with van der Waals surface area (Å²) in [5.41, 5.74) is 1.11. The second-order valence-electron chi connectivity index (χ2n) is 4.16. The molecule has 1 unspecified atom stereocenters. The maximum absolute atomic E-state index is 13.7. The minimum atomic E-state index is -0.446. The minimum absolute atomic E-state index is 0.298. The topological polar surface area (TPSA) is 12.0 Å². The Bertz CT molecular complexity index is 602. The first-order valence-electron chi connectivity index (χ1n) is 5.64. The van der Waals surface area contributed by atoms with Crippen LogP contribution in [0.15, 0.2) is 45.3 Å². The Morgan fingerprint density at radius 3 is 2.53 bits per heavy atom. The average molecular weight is 391 g/mol. The predicted octanol–water partition coefficient (Wildman–Crippen LogP) is 5.66. The van der Waals surface area contributed by atoms with Crippen molar-refractivity contribution in [2.24, 2.45) is 0 Å². The monoisotopic (exact) mass is 389 g/mol. The van der Waals surface area contributed by atoms with Crippen LogP contribution in [0.1, 0.15) is 18.5 Å². The van der Waals surface area contributed by atoms with Crippen molar-refractivity contribution < 1.29 is 8.78 Å². The van der Waals surface area contributed by atoms with Crippen LogP contribution in [0.5, 0.6) is 0 Å². The standard InChI is InChI=1S/C14H11Br2F2N/c1-8(11-7-10(17)3-5-13(11)18)19-14-6-9(15)2-4-12(14)16/h2-8,19H,1H3. The number of hydrogen-bond acceptors (Lipinski definition) is 1. The zero-order chi connectivity index (χ0) is 14.0. The fourth-order valence-corrected chi connectivity index (χ4v) is 2.49. The Balaban J connectivity index is 2.27. The highest BCUT2D eigenvalue weighted by Gasteiger charge is 2.13. The summed E-state index contributed by atoms with van der Waals surface area (Å²) in [4.78, 5) is 0. The summed E-state index contributed by atoms with van der Waals surface area (Å²) < 4.78 is 28.6. The molecular formula is C14H11Br2F2N. The van der Waals surface area contributed by atoms with Gasteiger partial charge in [-0.05, 0) is 59.3 Å². The van der Waals surface area contributed by atoms with Gasteiger partial charge in [-0.25, -0.2) is 8.78 Å². The number of hydrogen-bond donors (Lipinski definition) is 1. The Labute approximate surface area is 127 Å². The normalized spacial score (nSPS) is 12.3. The van der Waals surface area contributed by atoms with Crippen LogP contribution in [0.3, 0.4) is 0 Å². The molecule has 0 aromatic heterocycles. The van der Waals surface area contributed by atoms with Gasteiger partial charge in [-0.2, -0.15) is 0 Å². The molecular weight excluding hydrogens is 380 g/mol. The highest BCUT2D eigenvalue weighted by atomic mass is 79.9. The fraction of sp³-hybridized carbons (Fsp3) is 0.143. The van der Waals surface area contributed by atoms with Crippen LogP contribution in [0.25, 0.3) is 0 Å². The molecule has 100 valence electrons. The van der Waals surface area contributed by atoms with E-state index in [1.165, 1.54) is 6.07 Å². The van der Waals surface area contributed by atoms with Gasteiger partial charge in [-0.3, -0.25) is 0 Å². The minimum Gasteiger partial charge on any atom is -0.377 e. The first-order chi connectivity index (χ1) is 8.97. The Hall–Kier alpha value is -0.940. The van der Waals surface area contributed by atoms with Crippen LogP contribution < -0.4 is 5.32 Å². The van der Waals surface area contributed by atoms with Crippen molar-refractivity contribution in [3.63, 3.8) is 0 Å². The lowest BCUT2D eigenvalue weighted by Gasteiger charge is -2.18. The molecule has 0 saturated heterocycles. The van der Waals surface area contributed by atoms with E-state index in [1.807, 2.05) is 18.2 Å². The van der Waals surface area contributed by atoms with Crippen LogP contribution in [0.2, 0.25) is 0 Å². The Morgan fingerprint density at radius 1 is 1.05 bits per heavy atom. The van der Waals surface area contributed by atoms with E-state index in [0.29, 0.717) is 5.56 Å². The molecule has 0 aliphatic carbocycles. The molecule has 0 radical (unpaired) electrons. The smallest absolute Gasteiger partial charge is 0.128 e. The molecule has 0 aliphatic heterocycles. The Kier molecular flexibility index (Phi) is 4.58. The Morgan fingerprint density at radius 2 is 1.79 bits per heavy atom. The predicted molar refractivity (Wildman–Crippen MR) is 80.2 cm³/mol. The van der Waals surface area contributed by atoms with E-state index >= 15 is 0 Å². The molecule has 1 nitrogen and oxygen atoms in total. The van der Waals surface area contributed by atoms with Crippen LogP contribution in [-0.2, 0) is 0 Å². The average Bonchev–Trinajstić information content (AvgIpc) is 2.36. The van der Waals surface area contributed by atoms with Crippen molar-refractivity contribution in [1.82, 2.24) is 0 Å². The molecule has 2 rings (SSSR count). The van der Waals surface area contributed by atoms with Crippen molar-refractivity contribution in [3.05, 3.63) is 62.5 Å². The zero-order valence-electron chi connectivity index (χ0n) is 10.1. The first-order valence-corrected chi connectivity index (χ1v) is 7.22. The molecule has 1 atom stereocenters. The highest BCUT2D eigenvalue weighted by Crippen LogP contribution is 2.30. The van der Waals surface area contributed by atoms with Crippen LogP contribution in [0.4, 0.5) is 14.5 Å². The van der Waals surface area contributed by atoms with Gasteiger partial charge in [-0.15, -0.1) is 0 Å². The number of anilines is 1. The molecule has 5 heteroatoms. The molecule has 0 heterocycles. The van der Waals surface area contributed by atoms with Gasteiger partial charge in [-0.1, -0.05) is 15.9 Å². The molecule has 0 saturated carbocycles. The van der Waals surface area contributed by atoms with Gasteiger partial charge in [0.15, 0.2) is 0 Å². The maximum Gasteiger partial charge on any atom is 0.128 e. The lowest BCUT2D eigenvalue weighted by atomic mass is 10.1. The lowest BCUT2D eigenvalue weighted by molar-refractivity contribution is 0.577. The molecule has 0 fully saturated rings. The van der Waals surface area contributed by atoms with Crippen LogP contribution >= 0.6 is 31.9 Å². The quantitative estimate of drug-likeness (QED) is 0.712. The molecule has 0 spiro atoms. The summed E-state index contributed by atoms with van der Waals surface area (Å²) in [6.45, 7) is 1.78. The summed E-state index contributed by atoms with van der Waals surface area (Å²) >= 11 is 6.79. The highest BCUT2D eigenvalue weighted by molar-refractivity contribution is 9.11. The number of rotatable bonds is 3. The molecule has 19 heavy (non-hydrogen) atoms. The number of halogens is 4. The number of benzene rings is 2. The van der Waals surface area contributed by atoms with Gasteiger partial charge in [0, 0.05) is 14.5 Å². The molecule has 0 bridgehead atoms. The summed E-state index contributed by atoms with van der Waals surface area (Å²) in [5.74, 6) is -0.870. The third-order valence-corrected chi connectivity index (χ3v) is 3.91. The second-order valence-corrected chi connectivity index (χ2v) is 5.93. The van der Waals surface area contributed by atoms with Crippen molar-refractivity contribution in [2.75, 3.05) is 5.32 Å². The van der Waals surface area contributed by atoms with Gasteiger partial charge in [0.1, 0.15) is 11.6 Å². The molecule has 1 N–H and O–H groups in total. The maximum atomic E-state index is 13.7. The largest absolute Gasteiger partial charge is 0.377 e. The van der Waals surface area contributed by atoms with E-state index in [2.05, 4.69) is 37.2 Å². The van der Waals surface area contributed by atoms with E-state index in [0.717, 1.165) is 26.8 Å². The SMILES string of the molecule is CC(Nc1cc(Br)ccc1Br)c1cc(F)ccc1F. The lowest BCUT2D eigenvalue weighted by Crippen LogP contribution is -2.09. The molecule has 2 aromatic rings. The molecule has 0 aliphatic rings. The third-order valence-electron chi connectivity index (χ3n) is 2.72. The van der Waals surface area contributed by atoms with Crippen LogP contribution in [0, 0.1) is 11.6 Å². The molecule has 2 aromatic carbocycles. The van der Waals surface area contributed by atoms with Gasteiger partial charge >= 0.3 is 0 Å². The van der Waals surface area contributed by atoms with E-state index < -0.39 is 11.6 Å². The first kappa shape index (κ1) is 14.5. The summed E-state index contributed by atoms with van der Waals surface area (Å²) in [6, 6.07) is 8.75. The molecule has 0 amide bonds. The summed E-state index contributed by atoms with van der Waals surface area (Å²) in [7, 11) is 0. The van der Waals surface area contributed by atoms with Gasteiger partial charge in [0.25, 0.3) is 0 Å².